The molecule has 0 saturated carbocycles. The topological polar surface area (TPSA) is 20.3 Å². The van der Waals surface area contributed by atoms with E-state index in [1.165, 1.54) is 0 Å². The van der Waals surface area contributed by atoms with Crippen LogP contribution < -0.4 is 0 Å². The molecule has 0 radical (unpaired) electrons. The van der Waals surface area contributed by atoms with Crippen molar-refractivity contribution in [3.8, 4) is 0 Å². The van der Waals surface area contributed by atoms with Crippen LogP contribution in [0.2, 0.25) is 0 Å². The number of hydrogen-bond acceptors (Lipinski definition) is 1. The first kappa shape index (κ1) is 18.2. The molecule has 3 rings (SSSR count). The molecule has 0 aliphatic rings. The molecule has 1 unspecified atom stereocenters. The number of halogens is 1. The molecule has 2 nitrogen and oxygen atoms in total. The highest BCUT2D eigenvalue weighted by Crippen LogP contribution is 2.28. The van der Waals surface area contributed by atoms with E-state index < -0.39 is 0 Å². The summed E-state index contributed by atoms with van der Waals surface area (Å²) in [6.07, 6.45) is 1.82. The Hall–Kier alpha value is -2.65. The fraction of sp³-hybridized carbons (Fsp3) is 0.0870. The third-order valence-corrected chi connectivity index (χ3v) is 4.72. The molecule has 0 N–H and O–H groups in total. The molecule has 0 aromatic heterocycles. The summed E-state index contributed by atoms with van der Waals surface area (Å²) in [6, 6.07) is 27.2. The van der Waals surface area contributed by atoms with Crippen LogP contribution in [0.15, 0.2) is 102 Å². The molecule has 3 heteroatoms. The molecule has 1 amide bonds. The summed E-state index contributed by atoms with van der Waals surface area (Å²) in [5.74, 6) is -0.0145. The lowest BCUT2D eigenvalue weighted by atomic mass is 10.0. The summed E-state index contributed by atoms with van der Waals surface area (Å²) in [5.41, 5.74) is 2.78. The number of benzene rings is 3. The van der Waals surface area contributed by atoms with Crippen LogP contribution >= 0.6 is 15.9 Å². The molecule has 0 heterocycles. The Bertz CT molecular complexity index is 877. The van der Waals surface area contributed by atoms with E-state index in [0.29, 0.717) is 12.1 Å². The number of nitrogens with zero attached hydrogens (tertiary/aromatic N) is 1. The number of rotatable bonds is 6. The van der Waals surface area contributed by atoms with Gasteiger partial charge in [0.2, 0.25) is 0 Å². The van der Waals surface area contributed by atoms with Crippen molar-refractivity contribution in [2.75, 3.05) is 0 Å². The van der Waals surface area contributed by atoms with Gasteiger partial charge in [0.05, 0.1) is 6.04 Å². The summed E-state index contributed by atoms with van der Waals surface area (Å²) < 4.78 is 0.980. The predicted molar refractivity (Wildman–Crippen MR) is 110 cm³/mol. The molecule has 3 aromatic carbocycles. The molecular weight excluding hydrogens is 386 g/mol. The molecule has 0 aliphatic carbocycles. The van der Waals surface area contributed by atoms with Crippen LogP contribution in [0.1, 0.15) is 27.5 Å². The molecule has 26 heavy (non-hydrogen) atoms. The zero-order chi connectivity index (χ0) is 18.4. The van der Waals surface area contributed by atoms with Gasteiger partial charge in [-0.3, -0.25) is 4.79 Å². The zero-order valence-electron chi connectivity index (χ0n) is 14.4. The van der Waals surface area contributed by atoms with Gasteiger partial charge in [-0.05, 0) is 35.4 Å². The van der Waals surface area contributed by atoms with Crippen molar-refractivity contribution < 1.29 is 4.79 Å². The SMILES string of the molecule is C=CC(c1cccc(Br)c1)N(Cc1ccccc1)C(=O)c1ccccc1. The van der Waals surface area contributed by atoms with Crippen molar-refractivity contribution in [2.45, 2.75) is 12.6 Å². The smallest absolute Gasteiger partial charge is 0.254 e. The normalized spacial score (nSPS) is 11.6. The Morgan fingerprint density at radius 1 is 0.962 bits per heavy atom. The number of carbonyl (C=O) groups is 1. The molecular formula is C23H20BrNO. The molecule has 0 spiro atoms. The van der Waals surface area contributed by atoms with Crippen molar-refractivity contribution in [2.24, 2.45) is 0 Å². The summed E-state index contributed by atoms with van der Waals surface area (Å²) in [5, 5.41) is 0. The number of amides is 1. The highest BCUT2D eigenvalue weighted by Gasteiger charge is 2.24. The largest absolute Gasteiger partial charge is 0.324 e. The number of carbonyl (C=O) groups excluding carboxylic acids is 1. The molecule has 130 valence electrons. The van der Waals surface area contributed by atoms with Gasteiger partial charge in [-0.15, -0.1) is 6.58 Å². The average Bonchev–Trinajstić information content (AvgIpc) is 2.69. The maximum atomic E-state index is 13.3. The zero-order valence-corrected chi connectivity index (χ0v) is 16.0. The third-order valence-electron chi connectivity index (χ3n) is 4.23. The Kier molecular flexibility index (Phi) is 6.03. The minimum absolute atomic E-state index is 0.0145. The van der Waals surface area contributed by atoms with Gasteiger partial charge in [-0.25, -0.2) is 0 Å². The van der Waals surface area contributed by atoms with Gasteiger partial charge < -0.3 is 4.90 Å². The monoisotopic (exact) mass is 405 g/mol. The van der Waals surface area contributed by atoms with E-state index >= 15 is 0 Å². The average molecular weight is 406 g/mol. The summed E-state index contributed by atoms with van der Waals surface area (Å²) in [4.78, 5) is 15.1. The molecule has 3 aromatic rings. The van der Waals surface area contributed by atoms with Crippen LogP contribution in [0, 0.1) is 0 Å². The fourth-order valence-corrected chi connectivity index (χ4v) is 3.37. The van der Waals surface area contributed by atoms with E-state index in [1.807, 2.05) is 95.9 Å². The van der Waals surface area contributed by atoms with E-state index in [-0.39, 0.29) is 11.9 Å². The van der Waals surface area contributed by atoms with Gasteiger partial charge in [0.15, 0.2) is 0 Å². The minimum Gasteiger partial charge on any atom is -0.324 e. The van der Waals surface area contributed by atoms with Crippen LogP contribution in [0.4, 0.5) is 0 Å². The lowest BCUT2D eigenvalue weighted by Crippen LogP contribution is -2.33. The van der Waals surface area contributed by atoms with E-state index in [4.69, 9.17) is 0 Å². The molecule has 0 aliphatic heterocycles. The van der Waals surface area contributed by atoms with E-state index in [9.17, 15) is 4.79 Å². The first-order chi connectivity index (χ1) is 12.7. The van der Waals surface area contributed by atoms with Gasteiger partial charge in [-0.1, -0.05) is 82.7 Å². The van der Waals surface area contributed by atoms with Crippen molar-refractivity contribution in [1.82, 2.24) is 4.90 Å². The first-order valence-electron chi connectivity index (χ1n) is 8.47. The standard InChI is InChI=1S/C23H20BrNO/c1-2-22(20-14-9-15-21(24)16-20)25(17-18-10-5-3-6-11-18)23(26)19-12-7-4-8-13-19/h2-16,22H,1,17H2. The van der Waals surface area contributed by atoms with Crippen LogP contribution in [-0.4, -0.2) is 10.8 Å². The van der Waals surface area contributed by atoms with Crippen LogP contribution in [-0.2, 0) is 6.54 Å². The second-order valence-corrected chi connectivity index (χ2v) is 6.94. The fourth-order valence-electron chi connectivity index (χ4n) is 2.96. The molecule has 0 saturated heterocycles. The van der Waals surface area contributed by atoms with Crippen LogP contribution in [0.5, 0.6) is 0 Å². The lowest BCUT2D eigenvalue weighted by molar-refractivity contribution is 0.0696. The van der Waals surface area contributed by atoms with Crippen molar-refractivity contribution in [3.63, 3.8) is 0 Å². The quantitative estimate of drug-likeness (QED) is 0.459. The molecule has 0 bridgehead atoms. The predicted octanol–water partition coefficient (Wildman–Crippen LogP) is 6.02. The number of hydrogen-bond donors (Lipinski definition) is 0. The maximum Gasteiger partial charge on any atom is 0.254 e. The van der Waals surface area contributed by atoms with E-state index in [1.54, 1.807) is 0 Å². The Morgan fingerprint density at radius 2 is 1.62 bits per heavy atom. The van der Waals surface area contributed by atoms with Crippen molar-refractivity contribution >= 4 is 21.8 Å². The van der Waals surface area contributed by atoms with Crippen LogP contribution in [0.25, 0.3) is 0 Å². The van der Waals surface area contributed by atoms with Crippen molar-refractivity contribution in [1.29, 1.82) is 0 Å². The maximum absolute atomic E-state index is 13.3. The summed E-state index contributed by atoms with van der Waals surface area (Å²) in [7, 11) is 0. The first-order valence-corrected chi connectivity index (χ1v) is 9.26. The molecule has 0 fully saturated rings. The highest BCUT2D eigenvalue weighted by atomic mass is 79.9. The third kappa shape index (κ3) is 4.30. The van der Waals surface area contributed by atoms with Gasteiger partial charge in [0.1, 0.15) is 0 Å². The Morgan fingerprint density at radius 3 is 2.23 bits per heavy atom. The van der Waals surface area contributed by atoms with Gasteiger partial charge in [-0.2, -0.15) is 0 Å². The second kappa shape index (κ2) is 8.63. The van der Waals surface area contributed by atoms with E-state index in [2.05, 4.69) is 22.5 Å². The van der Waals surface area contributed by atoms with Gasteiger partial charge >= 0.3 is 0 Å². The van der Waals surface area contributed by atoms with Gasteiger partial charge in [0.25, 0.3) is 5.91 Å². The summed E-state index contributed by atoms with van der Waals surface area (Å²) >= 11 is 3.52. The second-order valence-electron chi connectivity index (χ2n) is 6.02. The minimum atomic E-state index is -0.222. The summed E-state index contributed by atoms with van der Waals surface area (Å²) in [6.45, 7) is 4.51. The molecule has 1 atom stereocenters. The lowest BCUT2D eigenvalue weighted by Gasteiger charge is -2.30. The van der Waals surface area contributed by atoms with Gasteiger partial charge in [0, 0.05) is 16.6 Å². The Labute approximate surface area is 162 Å². The highest BCUT2D eigenvalue weighted by molar-refractivity contribution is 9.10. The van der Waals surface area contributed by atoms with Crippen LogP contribution in [0.3, 0.4) is 0 Å². The van der Waals surface area contributed by atoms with Crippen molar-refractivity contribution in [3.05, 3.63) is 119 Å². The van der Waals surface area contributed by atoms with E-state index in [0.717, 1.165) is 15.6 Å². The Balaban J connectivity index is 2.01.